The highest BCUT2D eigenvalue weighted by atomic mass is 35.5. The van der Waals surface area contributed by atoms with E-state index in [-0.39, 0.29) is 0 Å². The maximum Gasteiger partial charge on any atom is 0.328 e. The summed E-state index contributed by atoms with van der Waals surface area (Å²) in [4.78, 5) is 15.2. The average Bonchev–Trinajstić information content (AvgIpc) is 2.45. The lowest BCUT2D eigenvalue weighted by atomic mass is 10.0. The van der Waals surface area contributed by atoms with Gasteiger partial charge in [-0.15, -0.1) is 0 Å². The van der Waals surface area contributed by atoms with Gasteiger partial charge in [-0.3, -0.25) is 0 Å². The molecule has 1 N–H and O–H groups in total. The number of rotatable bonds is 4. The summed E-state index contributed by atoms with van der Waals surface area (Å²) in [6, 6.07) is 6.10. The molecule has 1 aliphatic heterocycles. The largest absolute Gasteiger partial charge is 0.478 e. The number of nitrogens with zero attached hydrogens (tertiary/aromatic N) is 2. The number of anilines is 1. The Bertz CT molecular complexity index is 543. The third-order valence-electron chi connectivity index (χ3n) is 3.87. The number of likely N-dealkylation sites (N-methyl/N-ethyl adjacent to an activating group) is 1. The summed E-state index contributed by atoms with van der Waals surface area (Å²) in [5, 5.41) is 9.49. The molecule has 1 aromatic carbocycles. The van der Waals surface area contributed by atoms with E-state index in [2.05, 4.69) is 23.9 Å². The van der Waals surface area contributed by atoms with Crippen molar-refractivity contribution in [1.29, 1.82) is 0 Å². The van der Waals surface area contributed by atoms with Gasteiger partial charge in [0.15, 0.2) is 0 Å². The number of carboxylic acid groups (broad SMARTS) is 1. The molecule has 1 saturated heterocycles. The maximum atomic E-state index is 10.7. The van der Waals surface area contributed by atoms with E-state index in [0.29, 0.717) is 11.1 Å². The molecule has 0 aliphatic carbocycles. The molecule has 114 valence electrons. The molecule has 4 nitrogen and oxygen atoms in total. The second kappa shape index (κ2) is 6.96. The summed E-state index contributed by atoms with van der Waals surface area (Å²) >= 11 is 6.37. The van der Waals surface area contributed by atoms with E-state index in [0.717, 1.165) is 36.8 Å². The number of hydrogen-bond acceptors (Lipinski definition) is 3. The van der Waals surface area contributed by atoms with Gasteiger partial charge in [-0.1, -0.05) is 23.7 Å². The van der Waals surface area contributed by atoms with Crippen LogP contribution in [-0.4, -0.2) is 49.2 Å². The average molecular weight is 309 g/mol. The number of carboxylic acids is 1. The van der Waals surface area contributed by atoms with Gasteiger partial charge in [0.05, 0.1) is 10.7 Å². The first kappa shape index (κ1) is 15.9. The fourth-order valence-corrected chi connectivity index (χ4v) is 3.04. The standard InChI is InChI=1S/C16H21ClN2O2/c1-18(2)13-6-4-10-19(11-13)16-12(8-9-15(20)21)5-3-7-14(16)17/h3,5,7-9,13H,4,6,10-11H2,1-2H3,(H,20,21)/b9-8+. The summed E-state index contributed by atoms with van der Waals surface area (Å²) < 4.78 is 0. The third kappa shape index (κ3) is 3.99. The minimum absolute atomic E-state index is 0.492. The van der Waals surface area contributed by atoms with Crippen LogP contribution in [0.15, 0.2) is 24.3 Å². The molecule has 5 heteroatoms. The topological polar surface area (TPSA) is 43.8 Å². The van der Waals surface area contributed by atoms with Gasteiger partial charge in [0.1, 0.15) is 0 Å². The van der Waals surface area contributed by atoms with E-state index in [1.807, 2.05) is 18.2 Å². The van der Waals surface area contributed by atoms with Crippen LogP contribution in [0.3, 0.4) is 0 Å². The number of carbonyl (C=O) groups is 1. The van der Waals surface area contributed by atoms with Gasteiger partial charge in [0.25, 0.3) is 0 Å². The monoisotopic (exact) mass is 308 g/mol. The van der Waals surface area contributed by atoms with E-state index in [1.54, 1.807) is 6.08 Å². The lowest BCUT2D eigenvalue weighted by Crippen LogP contribution is -2.45. The highest BCUT2D eigenvalue weighted by Gasteiger charge is 2.24. The smallest absolute Gasteiger partial charge is 0.328 e. The molecule has 0 radical (unpaired) electrons. The second-order valence-corrected chi connectivity index (χ2v) is 5.96. The van der Waals surface area contributed by atoms with Crippen molar-refractivity contribution in [1.82, 2.24) is 4.90 Å². The molecule has 0 saturated carbocycles. The Kier molecular flexibility index (Phi) is 5.26. The molecule has 1 atom stereocenters. The molecule has 1 unspecified atom stereocenters. The molecule has 0 amide bonds. The fraction of sp³-hybridized carbons (Fsp3) is 0.438. The van der Waals surface area contributed by atoms with Crippen molar-refractivity contribution in [2.45, 2.75) is 18.9 Å². The quantitative estimate of drug-likeness (QED) is 0.869. The number of halogens is 1. The molecule has 2 rings (SSSR count). The fourth-order valence-electron chi connectivity index (χ4n) is 2.74. The number of aliphatic carboxylic acids is 1. The summed E-state index contributed by atoms with van der Waals surface area (Å²) in [5.74, 6) is -0.953. The van der Waals surface area contributed by atoms with Crippen LogP contribution in [0.5, 0.6) is 0 Å². The molecule has 21 heavy (non-hydrogen) atoms. The minimum Gasteiger partial charge on any atom is -0.478 e. The van der Waals surface area contributed by atoms with Gasteiger partial charge in [-0.25, -0.2) is 4.79 Å². The molecular weight excluding hydrogens is 288 g/mol. The molecule has 1 heterocycles. The van der Waals surface area contributed by atoms with Crippen LogP contribution in [0, 0.1) is 0 Å². The molecule has 1 aromatic rings. The first-order valence-electron chi connectivity index (χ1n) is 7.10. The van der Waals surface area contributed by atoms with Crippen molar-refractivity contribution in [2.24, 2.45) is 0 Å². The van der Waals surface area contributed by atoms with Crippen molar-refractivity contribution in [3.05, 3.63) is 34.9 Å². The number of para-hydroxylation sites is 1. The maximum absolute atomic E-state index is 10.7. The second-order valence-electron chi connectivity index (χ2n) is 5.55. The number of piperidine rings is 1. The molecule has 1 fully saturated rings. The van der Waals surface area contributed by atoms with Crippen LogP contribution < -0.4 is 4.90 Å². The summed E-state index contributed by atoms with van der Waals surface area (Å²) in [6.07, 6.45) is 5.05. The van der Waals surface area contributed by atoms with E-state index in [1.165, 1.54) is 6.42 Å². The Labute approximate surface area is 130 Å². The summed E-state index contributed by atoms with van der Waals surface area (Å²) in [6.45, 7) is 1.85. The first-order valence-corrected chi connectivity index (χ1v) is 7.47. The van der Waals surface area contributed by atoms with Gasteiger partial charge in [-0.05, 0) is 44.6 Å². The van der Waals surface area contributed by atoms with Crippen LogP contribution in [0.4, 0.5) is 5.69 Å². The van der Waals surface area contributed by atoms with Crippen LogP contribution in [0.2, 0.25) is 5.02 Å². The van der Waals surface area contributed by atoms with E-state index >= 15 is 0 Å². The van der Waals surface area contributed by atoms with Crippen molar-refractivity contribution >= 4 is 29.3 Å². The van der Waals surface area contributed by atoms with E-state index in [9.17, 15) is 4.79 Å². The zero-order chi connectivity index (χ0) is 15.4. The predicted octanol–water partition coefficient (Wildman–Crippen LogP) is 2.97. The summed E-state index contributed by atoms with van der Waals surface area (Å²) in [5.41, 5.74) is 1.78. The minimum atomic E-state index is -0.953. The van der Waals surface area contributed by atoms with Crippen LogP contribution in [-0.2, 0) is 4.79 Å². The third-order valence-corrected chi connectivity index (χ3v) is 4.17. The molecule has 0 aromatic heterocycles. The first-order chi connectivity index (χ1) is 9.99. The lowest BCUT2D eigenvalue weighted by Gasteiger charge is -2.38. The Morgan fingerprint density at radius 3 is 2.90 bits per heavy atom. The van der Waals surface area contributed by atoms with Crippen LogP contribution >= 0.6 is 11.6 Å². The SMILES string of the molecule is CN(C)C1CCCN(c2c(Cl)cccc2/C=C/C(=O)O)C1. The Balaban J connectivity index is 2.31. The number of hydrogen-bond donors (Lipinski definition) is 1. The Morgan fingerprint density at radius 1 is 1.48 bits per heavy atom. The lowest BCUT2D eigenvalue weighted by molar-refractivity contribution is -0.131. The van der Waals surface area contributed by atoms with Gasteiger partial charge < -0.3 is 14.9 Å². The van der Waals surface area contributed by atoms with Crippen molar-refractivity contribution in [3.63, 3.8) is 0 Å². The zero-order valence-electron chi connectivity index (χ0n) is 12.4. The van der Waals surface area contributed by atoms with Gasteiger partial charge >= 0.3 is 5.97 Å². The van der Waals surface area contributed by atoms with E-state index < -0.39 is 5.97 Å². The van der Waals surface area contributed by atoms with Crippen molar-refractivity contribution in [2.75, 3.05) is 32.1 Å². The highest BCUT2D eigenvalue weighted by Crippen LogP contribution is 2.33. The number of benzene rings is 1. The van der Waals surface area contributed by atoms with Gasteiger partial charge in [0, 0.05) is 25.2 Å². The molecular formula is C16H21ClN2O2. The zero-order valence-corrected chi connectivity index (χ0v) is 13.2. The molecule has 0 spiro atoms. The van der Waals surface area contributed by atoms with Crippen molar-refractivity contribution < 1.29 is 9.90 Å². The molecule has 1 aliphatic rings. The predicted molar refractivity (Wildman–Crippen MR) is 87.0 cm³/mol. The molecule has 0 bridgehead atoms. The summed E-state index contributed by atoms with van der Waals surface area (Å²) in [7, 11) is 4.18. The highest BCUT2D eigenvalue weighted by molar-refractivity contribution is 6.33. The normalized spacial score (nSPS) is 19.4. The van der Waals surface area contributed by atoms with Gasteiger partial charge in [0.2, 0.25) is 0 Å². The Hall–Kier alpha value is -1.52. The van der Waals surface area contributed by atoms with Crippen LogP contribution in [0.25, 0.3) is 6.08 Å². The Morgan fingerprint density at radius 2 is 2.24 bits per heavy atom. The van der Waals surface area contributed by atoms with E-state index in [4.69, 9.17) is 16.7 Å². The van der Waals surface area contributed by atoms with Gasteiger partial charge in [-0.2, -0.15) is 0 Å². The van der Waals surface area contributed by atoms with Crippen LogP contribution in [0.1, 0.15) is 18.4 Å². The van der Waals surface area contributed by atoms with Crippen molar-refractivity contribution in [3.8, 4) is 0 Å².